The van der Waals surface area contributed by atoms with Gasteiger partial charge in [0.25, 0.3) is 10.0 Å². The molecule has 5 nitrogen and oxygen atoms in total. The molecule has 0 aliphatic heterocycles. The number of rotatable bonds is 5. The highest BCUT2D eigenvalue weighted by atomic mass is 32.2. The third-order valence-electron chi connectivity index (χ3n) is 4.01. The average Bonchev–Trinajstić information content (AvgIpc) is 3.13. The molecule has 28 heavy (non-hydrogen) atoms. The summed E-state index contributed by atoms with van der Waals surface area (Å²) >= 11 is 0. The first-order valence-electron chi connectivity index (χ1n) is 8.22. The quantitative estimate of drug-likeness (QED) is 0.519. The van der Waals surface area contributed by atoms with Gasteiger partial charge >= 0.3 is 0 Å². The fourth-order valence-electron chi connectivity index (χ4n) is 2.70. The minimum Gasteiger partial charge on any atom is -0.443 e. The van der Waals surface area contributed by atoms with Crippen molar-refractivity contribution in [2.24, 2.45) is 0 Å². The van der Waals surface area contributed by atoms with Crippen LogP contribution >= 0.6 is 0 Å². The monoisotopic (exact) mass is 415 g/mol. The summed E-state index contributed by atoms with van der Waals surface area (Å²) < 4.78 is 59.9. The van der Waals surface area contributed by atoms with E-state index >= 15 is 0 Å². The Kier molecular flexibility index (Phi) is 4.74. The molecule has 0 aliphatic carbocycles. The minimum atomic E-state index is -4.15. The smallest absolute Gasteiger partial charge is 0.295 e. The van der Waals surface area contributed by atoms with Gasteiger partial charge in [0, 0.05) is 16.3 Å². The van der Waals surface area contributed by atoms with Crippen molar-refractivity contribution in [3.05, 3.63) is 84.7 Å². The average molecular weight is 415 g/mol. The van der Waals surface area contributed by atoms with Crippen molar-refractivity contribution in [1.82, 2.24) is 0 Å². The molecule has 1 heterocycles. The Morgan fingerprint density at radius 3 is 2.36 bits per heavy atom. The molecule has 0 spiro atoms. The van der Waals surface area contributed by atoms with Crippen molar-refractivity contribution >= 4 is 37.5 Å². The van der Waals surface area contributed by atoms with E-state index in [1.54, 1.807) is 54.6 Å². The van der Waals surface area contributed by atoms with Gasteiger partial charge in [0.2, 0.25) is 5.09 Å². The molecule has 3 aromatic carbocycles. The lowest BCUT2D eigenvalue weighted by molar-refractivity contribution is 0.484. The summed E-state index contributed by atoms with van der Waals surface area (Å²) in [5.41, 5.74) is 0.304. The van der Waals surface area contributed by atoms with Crippen molar-refractivity contribution in [2.75, 3.05) is 4.72 Å². The molecule has 1 N–H and O–H groups in total. The van der Waals surface area contributed by atoms with Gasteiger partial charge in [0.1, 0.15) is 11.4 Å². The first-order valence-corrected chi connectivity index (χ1v) is 10.9. The van der Waals surface area contributed by atoms with Crippen LogP contribution in [0.2, 0.25) is 0 Å². The molecule has 0 amide bonds. The zero-order chi connectivity index (χ0) is 19.7. The molecule has 0 fully saturated rings. The fraction of sp³-hybridized carbons (Fsp3) is 0. The largest absolute Gasteiger partial charge is 0.443 e. The van der Waals surface area contributed by atoms with Crippen LogP contribution in [0.5, 0.6) is 0 Å². The van der Waals surface area contributed by atoms with Crippen LogP contribution in [0, 0.1) is 5.82 Å². The molecule has 1 atom stereocenters. The Hall–Kier alpha value is -2.97. The fourth-order valence-corrected chi connectivity index (χ4v) is 4.96. The summed E-state index contributed by atoms with van der Waals surface area (Å²) in [6.45, 7) is 0. The first-order chi connectivity index (χ1) is 13.4. The van der Waals surface area contributed by atoms with Crippen LogP contribution in [0.4, 0.5) is 10.1 Å². The normalized spacial score (nSPS) is 12.8. The molecular weight excluding hydrogens is 401 g/mol. The van der Waals surface area contributed by atoms with Gasteiger partial charge in [-0.1, -0.05) is 36.4 Å². The van der Waals surface area contributed by atoms with Crippen molar-refractivity contribution in [1.29, 1.82) is 0 Å². The molecule has 1 unspecified atom stereocenters. The van der Waals surface area contributed by atoms with Gasteiger partial charge < -0.3 is 4.42 Å². The van der Waals surface area contributed by atoms with Crippen LogP contribution in [0.15, 0.2) is 98.2 Å². The number of anilines is 1. The maximum absolute atomic E-state index is 13.8. The van der Waals surface area contributed by atoms with Gasteiger partial charge in [0.05, 0.1) is 21.4 Å². The number of halogens is 1. The molecule has 0 saturated heterocycles. The standard InChI is InChI=1S/C20H14FNO4S2/c21-15-10-11-19(27(23)16-7-2-1-3-8-16)17(13-15)22-28(24,25)20-12-14-6-4-5-9-18(14)26-20/h1-13,22H. The number of nitrogens with one attached hydrogen (secondary N) is 1. The maximum atomic E-state index is 13.8. The molecule has 0 aliphatic rings. The molecule has 0 bridgehead atoms. The summed E-state index contributed by atoms with van der Waals surface area (Å²) in [7, 11) is -5.84. The number of fused-ring (bicyclic) bond motifs is 1. The second-order valence-corrected chi connectivity index (χ2v) is 8.99. The predicted molar refractivity (Wildman–Crippen MR) is 105 cm³/mol. The van der Waals surface area contributed by atoms with Crippen LogP contribution in [0.25, 0.3) is 11.0 Å². The summed E-state index contributed by atoms with van der Waals surface area (Å²) in [4.78, 5) is 0.616. The Bertz CT molecular complexity index is 1250. The van der Waals surface area contributed by atoms with Gasteiger partial charge in [-0.05, 0) is 36.4 Å². The zero-order valence-electron chi connectivity index (χ0n) is 14.3. The van der Waals surface area contributed by atoms with E-state index in [0.29, 0.717) is 15.9 Å². The van der Waals surface area contributed by atoms with Crippen molar-refractivity contribution in [3.8, 4) is 0 Å². The van der Waals surface area contributed by atoms with Crippen LogP contribution in [-0.2, 0) is 20.8 Å². The Morgan fingerprint density at radius 1 is 0.893 bits per heavy atom. The highest BCUT2D eigenvalue weighted by molar-refractivity contribution is 7.92. The van der Waals surface area contributed by atoms with Crippen LogP contribution in [-0.4, -0.2) is 12.6 Å². The minimum absolute atomic E-state index is 0.109. The van der Waals surface area contributed by atoms with E-state index in [-0.39, 0.29) is 15.7 Å². The van der Waals surface area contributed by atoms with Crippen LogP contribution in [0.3, 0.4) is 0 Å². The lowest BCUT2D eigenvalue weighted by atomic mass is 10.3. The molecule has 4 rings (SSSR count). The number of hydrogen-bond acceptors (Lipinski definition) is 4. The SMILES string of the molecule is O=S(c1ccccc1)c1ccc(F)cc1NS(=O)(=O)c1cc2ccccc2o1. The number of para-hydroxylation sites is 1. The van der Waals surface area contributed by atoms with Crippen molar-refractivity contribution in [2.45, 2.75) is 14.9 Å². The zero-order valence-corrected chi connectivity index (χ0v) is 16.0. The van der Waals surface area contributed by atoms with Gasteiger partial charge in [-0.3, -0.25) is 4.72 Å². The van der Waals surface area contributed by atoms with Crippen molar-refractivity contribution < 1.29 is 21.4 Å². The number of furan rings is 1. The van der Waals surface area contributed by atoms with Gasteiger partial charge in [-0.25, -0.2) is 8.60 Å². The topological polar surface area (TPSA) is 76.4 Å². The summed E-state index contributed by atoms with van der Waals surface area (Å²) in [5.74, 6) is -0.656. The van der Waals surface area contributed by atoms with E-state index < -0.39 is 26.6 Å². The highest BCUT2D eigenvalue weighted by Gasteiger charge is 2.23. The van der Waals surface area contributed by atoms with E-state index in [1.807, 2.05) is 0 Å². The number of benzene rings is 3. The Labute approximate surface area is 163 Å². The van der Waals surface area contributed by atoms with Gasteiger partial charge in [0.15, 0.2) is 0 Å². The molecule has 1 aromatic heterocycles. The van der Waals surface area contributed by atoms with Gasteiger partial charge in [-0.15, -0.1) is 0 Å². The summed E-state index contributed by atoms with van der Waals surface area (Å²) in [6, 6.07) is 20.2. The van der Waals surface area contributed by atoms with Gasteiger partial charge in [-0.2, -0.15) is 8.42 Å². The summed E-state index contributed by atoms with van der Waals surface area (Å²) in [6.07, 6.45) is 0. The van der Waals surface area contributed by atoms with E-state index in [2.05, 4.69) is 4.72 Å². The van der Waals surface area contributed by atoms with E-state index in [4.69, 9.17) is 4.42 Å². The molecule has 0 radical (unpaired) electrons. The lowest BCUT2D eigenvalue weighted by Crippen LogP contribution is -2.14. The highest BCUT2D eigenvalue weighted by Crippen LogP contribution is 2.29. The lowest BCUT2D eigenvalue weighted by Gasteiger charge is -2.11. The maximum Gasteiger partial charge on any atom is 0.295 e. The van der Waals surface area contributed by atoms with E-state index in [9.17, 15) is 17.0 Å². The number of hydrogen-bond donors (Lipinski definition) is 1. The summed E-state index contributed by atoms with van der Waals surface area (Å²) in [5, 5.41) is 0.310. The second kappa shape index (κ2) is 7.21. The van der Waals surface area contributed by atoms with E-state index in [1.165, 1.54) is 12.1 Å². The van der Waals surface area contributed by atoms with Crippen LogP contribution < -0.4 is 4.72 Å². The molecular formula is C20H14FNO4S2. The van der Waals surface area contributed by atoms with Crippen molar-refractivity contribution in [3.63, 3.8) is 0 Å². The van der Waals surface area contributed by atoms with E-state index in [0.717, 1.165) is 12.1 Å². The Balaban J connectivity index is 1.74. The molecule has 8 heteroatoms. The molecule has 0 saturated carbocycles. The third kappa shape index (κ3) is 3.56. The number of sulfonamides is 1. The Morgan fingerprint density at radius 2 is 1.61 bits per heavy atom. The second-order valence-electron chi connectivity index (χ2n) is 5.93. The third-order valence-corrected chi connectivity index (χ3v) is 6.69. The predicted octanol–water partition coefficient (Wildman–Crippen LogP) is 4.54. The molecule has 142 valence electrons. The molecule has 4 aromatic rings. The first kappa shape index (κ1) is 18.4. The van der Waals surface area contributed by atoms with Crippen LogP contribution in [0.1, 0.15) is 0 Å².